The molecule has 0 fully saturated rings. The quantitative estimate of drug-likeness (QED) is 0.162. The highest BCUT2D eigenvalue weighted by atomic mass is 15.0. The van der Waals surface area contributed by atoms with E-state index in [2.05, 4.69) is 173 Å². The summed E-state index contributed by atoms with van der Waals surface area (Å²) in [4.78, 5) is 14.9. The van der Waals surface area contributed by atoms with Crippen LogP contribution in [0, 0.1) is 0 Å². The largest absolute Gasteiger partial charge is 0.309 e. The second-order valence-corrected chi connectivity index (χ2v) is 15.7. The van der Waals surface area contributed by atoms with Crippen molar-refractivity contribution in [3.05, 3.63) is 224 Å². The van der Waals surface area contributed by atoms with E-state index in [0.29, 0.717) is 17.5 Å². The van der Waals surface area contributed by atoms with E-state index >= 15 is 0 Å². The molecule has 12 rings (SSSR count). The molecule has 0 unspecified atom stereocenters. The Morgan fingerprint density at radius 3 is 1.10 bits per heavy atom. The van der Waals surface area contributed by atoms with Crippen LogP contribution in [0.3, 0.4) is 0 Å². The average Bonchev–Trinajstić information content (AvgIpc) is 3.87. The summed E-state index contributed by atoms with van der Waals surface area (Å²) in [6, 6.07) is 79.4. The van der Waals surface area contributed by atoms with Gasteiger partial charge in [-0.3, -0.25) is 0 Å². The summed E-state index contributed by atoms with van der Waals surface area (Å²) >= 11 is 0. The molecule has 0 aliphatic rings. The Labute approximate surface area is 358 Å². The zero-order chi connectivity index (χ0) is 41.0. The van der Waals surface area contributed by atoms with Crippen molar-refractivity contribution in [1.29, 1.82) is 0 Å². The molecular weight excluding hydrogens is 755 g/mol. The van der Waals surface area contributed by atoms with Gasteiger partial charge < -0.3 is 9.13 Å². The number of hydrogen-bond acceptors (Lipinski definition) is 3. The lowest BCUT2D eigenvalue weighted by atomic mass is 10.0. The molecule has 290 valence electrons. The van der Waals surface area contributed by atoms with E-state index in [4.69, 9.17) is 15.0 Å². The lowest BCUT2D eigenvalue weighted by Crippen LogP contribution is -2.00. The highest BCUT2D eigenvalue weighted by Gasteiger charge is 2.17. The first-order chi connectivity index (χ1) is 30.7. The molecule has 5 nitrogen and oxygen atoms in total. The van der Waals surface area contributed by atoms with Gasteiger partial charge in [-0.05, 0) is 82.9 Å². The molecule has 0 atom stereocenters. The normalized spacial score (nSPS) is 11.5. The first-order valence-electron chi connectivity index (χ1n) is 20.9. The minimum atomic E-state index is 0.634. The average molecular weight is 792 g/mol. The van der Waals surface area contributed by atoms with E-state index in [9.17, 15) is 0 Å². The van der Waals surface area contributed by atoms with Crippen LogP contribution in [0.15, 0.2) is 224 Å². The van der Waals surface area contributed by atoms with Crippen molar-refractivity contribution in [1.82, 2.24) is 24.1 Å². The monoisotopic (exact) mass is 791 g/mol. The van der Waals surface area contributed by atoms with Gasteiger partial charge >= 0.3 is 0 Å². The topological polar surface area (TPSA) is 48.5 Å². The number of benzene rings is 9. The van der Waals surface area contributed by atoms with Crippen LogP contribution in [0.25, 0.3) is 111 Å². The van der Waals surface area contributed by atoms with Crippen molar-refractivity contribution in [3.8, 4) is 67.8 Å². The molecule has 0 saturated carbocycles. The molecule has 0 spiro atoms. The summed E-state index contributed by atoms with van der Waals surface area (Å²) in [5, 5.41) is 4.95. The van der Waals surface area contributed by atoms with E-state index < -0.39 is 0 Å². The maximum Gasteiger partial charge on any atom is 0.164 e. The van der Waals surface area contributed by atoms with Crippen LogP contribution in [-0.4, -0.2) is 24.1 Å². The highest BCUT2D eigenvalue weighted by molar-refractivity contribution is 6.11. The number of aromatic nitrogens is 5. The van der Waals surface area contributed by atoms with Crippen molar-refractivity contribution in [2.75, 3.05) is 0 Å². The van der Waals surface area contributed by atoms with Gasteiger partial charge in [0, 0.05) is 49.6 Å². The summed E-state index contributed by atoms with van der Waals surface area (Å²) in [6.07, 6.45) is 0. The fraction of sp³-hybridized carbons (Fsp3) is 0. The third kappa shape index (κ3) is 6.06. The lowest BCUT2D eigenvalue weighted by Gasteiger charge is -2.12. The van der Waals surface area contributed by atoms with Crippen LogP contribution < -0.4 is 0 Å². The molecule has 0 N–H and O–H groups in total. The van der Waals surface area contributed by atoms with E-state index in [1.54, 1.807) is 0 Å². The molecule has 3 aromatic heterocycles. The zero-order valence-electron chi connectivity index (χ0n) is 33.6. The Morgan fingerprint density at radius 1 is 0.226 bits per heavy atom. The van der Waals surface area contributed by atoms with E-state index in [1.807, 2.05) is 60.7 Å². The second kappa shape index (κ2) is 14.7. The molecule has 12 aromatic rings. The maximum atomic E-state index is 5.00. The molecule has 5 heteroatoms. The molecule has 62 heavy (non-hydrogen) atoms. The second-order valence-electron chi connectivity index (χ2n) is 15.7. The fourth-order valence-corrected chi connectivity index (χ4v) is 9.06. The first-order valence-corrected chi connectivity index (χ1v) is 20.9. The predicted octanol–water partition coefficient (Wildman–Crippen LogP) is 14.4. The Balaban J connectivity index is 0.938. The predicted molar refractivity (Wildman–Crippen MR) is 256 cm³/mol. The third-order valence-corrected chi connectivity index (χ3v) is 11.9. The van der Waals surface area contributed by atoms with Crippen LogP contribution in [0.1, 0.15) is 0 Å². The minimum Gasteiger partial charge on any atom is -0.309 e. The molecular formula is C57H37N5. The Morgan fingerprint density at radius 2 is 0.581 bits per heavy atom. The molecule has 0 saturated heterocycles. The summed E-state index contributed by atoms with van der Waals surface area (Å²) < 4.78 is 4.77. The molecule has 0 aliphatic heterocycles. The van der Waals surface area contributed by atoms with Gasteiger partial charge in [0.25, 0.3) is 0 Å². The van der Waals surface area contributed by atoms with Gasteiger partial charge in [-0.15, -0.1) is 0 Å². The Hall–Kier alpha value is -8.41. The molecule has 0 bridgehead atoms. The smallest absolute Gasteiger partial charge is 0.164 e. The van der Waals surface area contributed by atoms with Gasteiger partial charge in [0.05, 0.1) is 22.1 Å². The zero-order valence-corrected chi connectivity index (χ0v) is 33.6. The number of para-hydroxylation sites is 3. The number of hydrogen-bond donors (Lipinski definition) is 0. The molecule has 0 radical (unpaired) electrons. The Kier molecular flexibility index (Phi) is 8.42. The number of rotatable bonds is 7. The van der Waals surface area contributed by atoms with E-state index in [1.165, 1.54) is 43.7 Å². The van der Waals surface area contributed by atoms with Crippen LogP contribution in [0.2, 0.25) is 0 Å². The summed E-state index contributed by atoms with van der Waals surface area (Å²) in [5.74, 6) is 1.92. The SMILES string of the molecule is c1ccc(-c2nc(-c3ccccc3)nc(-c3cccc(-c4cccc(-n5c6ccccc6c6cc(-c7cccc(-n8c9ccccc9c9ccccc98)c7)ccc65)c4)c3)n2)cc1. The summed E-state index contributed by atoms with van der Waals surface area (Å²) in [6.45, 7) is 0. The van der Waals surface area contributed by atoms with Gasteiger partial charge in [0.15, 0.2) is 17.5 Å². The van der Waals surface area contributed by atoms with Crippen molar-refractivity contribution < 1.29 is 0 Å². The van der Waals surface area contributed by atoms with Crippen LogP contribution >= 0.6 is 0 Å². The van der Waals surface area contributed by atoms with Crippen molar-refractivity contribution in [2.24, 2.45) is 0 Å². The van der Waals surface area contributed by atoms with E-state index in [0.717, 1.165) is 50.2 Å². The van der Waals surface area contributed by atoms with E-state index in [-0.39, 0.29) is 0 Å². The standard InChI is InChI=1S/C57H37N5/c1-3-16-38(17-4-1)55-58-56(39-18-5-2-6-19-39)60-57(59-55)44-23-13-20-40(34-44)41-21-14-25-46(35-41)62-53-31-12-9-28-49(53)50-37-43(32-33-54(50)62)42-22-15-24-45(36-42)61-51-29-10-7-26-47(51)48-27-8-11-30-52(48)61/h1-37H. The minimum absolute atomic E-state index is 0.634. The first kappa shape index (κ1) is 35.5. The summed E-state index contributed by atoms with van der Waals surface area (Å²) in [5.41, 5.74) is 14.3. The van der Waals surface area contributed by atoms with Gasteiger partial charge in [0.1, 0.15) is 0 Å². The van der Waals surface area contributed by atoms with Gasteiger partial charge in [-0.2, -0.15) is 0 Å². The third-order valence-electron chi connectivity index (χ3n) is 11.9. The lowest BCUT2D eigenvalue weighted by molar-refractivity contribution is 1.07. The van der Waals surface area contributed by atoms with Gasteiger partial charge in [-0.25, -0.2) is 15.0 Å². The highest BCUT2D eigenvalue weighted by Crippen LogP contribution is 2.38. The van der Waals surface area contributed by atoms with Crippen LogP contribution in [0.5, 0.6) is 0 Å². The molecule has 3 heterocycles. The van der Waals surface area contributed by atoms with Crippen LogP contribution in [-0.2, 0) is 0 Å². The van der Waals surface area contributed by atoms with Crippen molar-refractivity contribution in [3.63, 3.8) is 0 Å². The van der Waals surface area contributed by atoms with Crippen molar-refractivity contribution >= 4 is 43.6 Å². The molecule has 9 aromatic carbocycles. The number of fused-ring (bicyclic) bond motifs is 6. The maximum absolute atomic E-state index is 5.00. The Bertz CT molecular complexity index is 3530. The van der Waals surface area contributed by atoms with Gasteiger partial charge in [0.2, 0.25) is 0 Å². The van der Waals surface area contributed by atoms with Gasteiger partial charge in [-0.1, -0.05) is 164 Å². The molecule has 0 amide bonds. The number of nitrogens with zero attached hydrogens (tertiary/aromatic N) is 5. The molecule has 0 aliphatic carbocycles. The van der Waals surface area contributed by atoms with Crippen molar-refractivity contribution in [2.45, 2.75) is 0 Å². The summed E-state index contributed by atoms with van der Waals surface area (Å²) in [7, 11) is 0. The van der Waals surface area contributed by atoms with Crippen LogP contribution in [0.4, 0.5) is 0 Å². The fourth-order valence-electron chi connectivity index (χ4n) is 9.06.